The van der Waals surface area contributed by atoms with Crippen molar-refractivity contribution in [3.8, 4) is 0 Å². The molecule has 1 aromatic carbocycles. The number of rotatable bonds is 9. The topological polar surface area (TPSA) is 70.8 Å². The predicted molar refractivity (Wildman–Crippen MR) is 124 cm³/mol. The van der Waals surface area contributed by atoms with E-state index < -0.39 is 10.0 Å². The molecule has 172 valence electrons. The third-order valence-electron chi connectivity index (χ3n) is 6.16. The molecule has 1 aromatic heterocycles. The fourth-order valence-corrected chi connectivity index (χ4v) is 5.70. The number of carbonyl (C=O) groups is 1. The van der Waals surface area contributed by atoms with Crippen LogP contribution in [0.15, 0.2) is 27.5 Å². The molecule has 0 saturated carbocycles. The highest BCUT2D eigenvalue weighted by Crippen LogP contribution is 2.30. The fraction of sp³-hybridized carbons (Fsp3) is 0.625. The normalized spacial score (nSPS) is 15.8. The molecule has 6 nitrogen and oxygen atoms in total. The van der Waals surface area contributed by atoms with E-state index >= 15 is 0 Å². The van der Waals surface area contributed by atoms with Crippen LogP contribution in [0.4, 0.5) is 0 Å². The molecule has 1 amide bonds. The van der Waals surface area contributed by atoms with Gasteiger partial charge in [-0.1, -0.05) is 39.5 Å². The maximum absolute atomic E-state index is 13.2. The van der Waals surface area contributed by atoms with E-state index in [1.807, 2.05) is 11.8 Å². The molecule has 1 aliphatic rings. The van der Waals surface area contributed by atoms with Gasteiger partial charge >= 0.3 is 0 Å². The highest BCUT2D eigenvalue weighted by Gasteiger charge is 2.28. The summed E-state index contributed by atoms with van der Waals surface area (Å²) in [6.07, 6.45) is 7.89. The SMILES string of the molecule is CCCCN(CCCC)C(=O)c1oc2ccc(S(=O)(=O)N3CCCCCC3)cc2c1C. The van der Waals surface area contributed by atoms with Gasteiger partial charge in [-0.15, -0.1) is 0 Å². The standard InChI is InChI=1S/C24H36N2O4S/c1-4-6-14-25(15-7-5-2)24(27)23-19(3)21-18-20(12-13-22(21)30-23)31(28,29)26-16-10-8-9-11-17-26/h12-13,18H,4-11,14-17H2,1-3H3. The van der Waals surface area contributed by atoms with E-state index in [0.29, 0.717) is 48.5 Å². The molecule has 1 saturated heterocycles. The van der Waals surface area contributed by atoms with Gasteiger partial charge in [-0.05, 0) is 50.8 Å². The number of sulfonamides is 1. The van der Waals surface area contributed by atoms with Crippen molar-refractivity contribution < 1.29 is 17.6 Å². The van der Waals surface area contributed by atoms with E-state index in [1.54, 1.807) is 22.5 Å². The fourth-order valence-electron chi connectivity index (χ4n) is 4.15. The molecule has 2 heterocycles. The van der Waals surface area contributed by atoms with Crippen LogP contribution in [0.2, 0.25) is 0 Å². The summed E-state index contributed by atoms with van der Waals surface area (Å²) < 4.78 is 33.9. The van der Waals surface area contributed by atoms with Gasteiger partial charge in [-0.25, -0.2) is 8.42 Å². The molecule has 7 heteroatoms. The van der Waals surface area contributed by atoms with Crippen LogP contribution in [0.5, 0.6) is 0 Å². The van der Waals surface area contributed by atoms with Crippen molar-refractivity contribution in [3.63, 3.8) is 0 Å². The van der Waals surface area contributed by atoms with Crippen molar-refractivity contribution in [1.29, 1.82) is 0 Å². The van der Waals surface area contributed by atoms with E-state index in [0.717, 1.165) is 51.4 Å². The molecular formula is C24H36N2O4S. The molecule has 0 atom stereocenters. The zero-order valence-corrected chi connectivity index (χ0v) is 20.0. The summed E-state index contributed by atoms with van der Waals surface area (Å²) in [4.78, 5) is 15.4. The molecule has 0 radical (unpaired) electrons. The molecule has 1 fully saturated rings. The Morgan fingerprint density at radius 2 is 1.65 bits per heavy atom. The van der Waals surface area contributed by atoms with Gasteiger partial charge < -0.3 is 9.32 Å². The molecule has 31 heavy (non-hydrogen) atoms. The van der Waals surface area contributed by atoms with E-state index in [9.17, 15) is 13.2 Å². The maximum Gasteiger partial charge on any atom is 0.289 e. The Balaban J connectivity index is 1.92. The highest BCUT2D eigenvalue weighted by atomic mass is 32.2. The highest BCUT2D eigenvalue weighted by molar-refractivity contribution is 7.89. The number of benzene rings is 1. The summed E-state index contributed by atoms with van der Waals surface area (Å²) in [5.41, 5.74) is 1.27. The largest absolute Gasteiger partial charge is 0.451 e. The quantitative estimate of drug-likeness (QED) is 0.518. The molecule has 3 rings (SSSR count). The number of unbranched alkanes of at least 4 members (excludes halogenated alkanes) is 2. The van der Waals surface area contributed by atoms with E-state index in [2.05, 4.69) is 13.8 Å². The number of carbonyl (C=O) groups excluding carboxylic acids is 1. The van der Waals surface area contributed by atoms with Crippen molar-refractivity contribution in [2.45, 2.75) is 77.0 Å². The van der Waals surface area contributed by atoms with Gasteiger partial charge in [0.25, 0.3) is 5.91 Å². The van der Waals surface area contributed by atoms with Crippen LogP contribution in [0.3, 0.4) is 0 Å². The number of amides is 1. The van der Waals surface area contributed by atoms with Crippen molar-refractivity contribution in [1.82, 2.24) is 9.21 Å². The minimum absolute atomic E-state index is 0.104. The summed E-state index contributed by atoms with van der Waals surface area (Å²) in [6, 6.07) is 4.96. The van der Waals surface area contributed by atoms with Crippen LogP contribution in [0.25, 0.3) is 11.0 Å². The molecule has 0 N–H and O–H groups in total. The number of fused-ring (bicyclic) bond motifs is 1. The summed E-state index contributed by atoms with van der Waals surface area (Å²) in [7, 11) is -3.55. The lowest BCUT2D eigenvalue weighted by atomic mass is 10.1. The van der Waals surface area contributed by atoms with Crippen molar-refractivity contribution in [3.05, 3.63) is 29.5 Å². The molecule has 1 aliphatic heterocycles. The number of furan rings is 1. The van der Waals surface area contributed by atoms with Crippen LogP contribution in [-0.4, -0.2) is 49.7 Å². The van der Waals surface area contributed by atoms with E-state index in [-0.39, 0.29) is 10.8 Å². The van der Waals surface area contributed by atoms with Gasteiger partial charge in [0.2, 0.25) is 10.0 Å². The van der Waals surface area contributed by atoms with Crippen molar-refractivity contribution in [2.75, 3.05) is 26.2 Å². The van der Waals surface area contributed by atoms with Crippen molar-refractivity contribution in [2.24, 2.45) is 0 Å². The first kappa shape index (κ1) is 23.8. The second-order valence-corrected chi connectivity index (χ2v) is 10.5. The zero-order chi connectivity index (χ0) is 22.4. The third kappa shape index (κ3) is 5.32. The predicted octanol–water partition coefficient (Wildman–Crippen LogP) is 5.35. The monoisotopic (exact) mass is 448 g/mol. The van der Waals surface area contributed by atoms with Gasteiger partial charge in [-0.3, -0.25) is 4.79 Å². The minimum Gasteiger partial charge on any atom is -0.451 e. The van der Waals surface area contributed by atoms with Crippen LogP contribution in [0, 0.1) is 6.92 Å². The van der Waals surface area contributed by atoms with E-state index in [4.69, 9.17) is 4.42 Å². The lowest BCUT2D eigenvalue weighted by Gasteiger charge is -2.21. The Morgan fingerprint density at radius 3 is 2.23 bits per heavy atom. The van der Waals surface area contributed by atoms with Crippen molar-refractivity contribution >= 4 is 26.9 Å². The molecule has 0 spiro atoms. The Hall–Kier alpha value is -1.86. The van der Waals surface area contributed by atoms with Gasteiger partial charge in [0.1, 0.15) is 5.58 Å². The Bertz CT molecular complexity index is 980. The molecule has 2 aromatic rings. The lowest BCUT2D eigenvalue weighted by molar-refractivity contribution is 0.0720. The summed E-state index contributed by atoms with van der Waals surface area (Å²) >= 11 is 0. The number of nitrogens with zero attached hydrogens (tertiary/aromatic N) is 2. The van der Waals surface area contributed by atoms with E-state index in [1.165, 1.54) is 0 Å². The first-order chi connectivity index (χ1) is 14.9. The average Bonchev–Trinajstić information content (AvgIpc) is 2.94. The summed E-state index contributed by atoms with van der Waals surface area (Å²) in [6.45, 7) is 8.62. The van der Waals surface area contributed by atoms with Crippen LogP contribution in [0.1, 0.15) is 81.3 Å². The second-order valence-electron chi connectivity index (χ2n) is 8.53. The Morgan fingerprint density at radius 1 is 1.03 bits per heavy atom. The molecule has 0 unspecified atom stereocenters. The summed E-state index contributed by atoms with van der Waals surface area (Å²) in [5, 5.41) is 0.699. The Labute approximate surface area is 186 Å². The van der Waals surface area contributed by atoms with Crippen LogP contribution >= 0.6 is 0 Å². The Kier molecular flexibility index (Phi) is 8.17. The maximum atomic E-state index is 13.2. The van der Waals surface area contributed by atoms with Gasteiger partial charge in [0.05, 0.1) is 4.90 Å². The average molecular weight is 449 g/mol. The summed E-state index contributed by atoms with van der Waals surface area (Å²) in [5.74, 6) is 0.221. The van der Waals surface area contributed by atoms with Gasteiger partial charge in [-0.2, -0.15) is 4.31 Å². The number of hydrogen-bond donors (Lipinski definition) is 0. The number of aryl methyl sites for hydroxylation is 1. The smallest absolute Gasteiger partial charge is 0.289 e. The second kappa shape index (κ2) is 10.6. The minimum atomic E-state index is -3.55. The molecule has 0 bridgehead atoms. The van der Waals surface area contributed by atoms with Gasteiger partial charge in [0, 0.05) is 37.1 Å². The zero-order valence-electron chi connectivity index (χ0n) is 19.2. The van der Waals surface area contributed by atoms with Gasteiger partial charge in [0.15, 0.2) is 5.76 Å². The first-order valence-electron chi connectivity index (χ1n) is 11.7. The molecule has 0 aliphatic carbocycles. The lowest BCUT2D eigenvalue weighted by Crippen LogP contribution is -2.33. The van der Waals surface area contributed by atoms with Crippen LogP contribution in [-0.2, 0) is 10.0 Å². The molecular weight excluding hydrogens is 412 g/mol. The first-order valence-corrected chi connectivity index (χ1v) is 13.2. The van der Waals surface area contributed by atoms with Crippen LogP contribution < -0.4 is 0 Å². The number of hydrogen-bond acceptors (Lipinski definition) is 4. The third-order valence-corrected chi connectivity index (χ3v) is 8.05.